The molecule has 156 valence electrons. The molecular weight excluding hydrogens is 384 g/mol. The van der Waals surface area contributed by atoms with Crippen LogP contribution in [0.1, 0.15) is 30.0 Å². The summed E-state index contributed by atoms with van der Waals surface area (Å²) in [5, 5.41) is 9.92. The highest BCUT2D eigenvalue weighted by atomic mass is 15.3. The van der Waals surface area contributed by atoms with E-state index in [0.29, 0.717) is 5.56 Å². The lowest BCUT2D eigenvalue weighted by molar-refractivity contribution is 0.639. The first-order valence-corrected chi connectivity index (χ1v) is 11.0. The number of rotatable bonds is 4. The highest BCUT2D eigenvalue weighted by Gasteiger charge is 2.24. The number of benzene rings is 1. The van der Waals surface area contributed by atoms with Crippen LogP contribution in [0.4, 0.5) is 11.6 Å². The Bertz CT molecular complexity index is 1290. The van der Waals surface area contributed by atoms with Gasteiger partial charge in [0.25, 0.3) is 0 Å². The van der Waals surface area contributed by atoms with E-state index in [1.165, 1.54) is 5.56 Å². The average Bonchev–Trinajstić information content (AvgIpc) is 3.18. The van der Waals surface area contributed by atoms with Crippen LogP contribution < -0.4 is 9.80 Å². The van der Waals surface area contributed by atoms with Crippen molar-refractivity contribution in [3.05, 3.63) is 65.4 Å². The lowest BCUT2D eigenvalue weighted by atomic mass is 10.0. The number of nitriles is 1. The Hall–Kier alpha value is -3.59. The molecule has 1 saturated heterocycles. The largest absolute Gasteiger partial charge is 0.354 e. The standard InChI is InChI=1S/C25H26N6/c1-3-6-19-16-24(30-13-11-29(12-14-30)23-15-18(2)9-10-27-23)31-22-8-5-4-7-21(22)28-25(31)20(19)17-26/h4-5,7-10,15-16H,3,6,11-14H2,1-2H3. The molecule has 0 aliphatic carbocycles. The van der Waals surface area contributed by atoms with Gasteiger partial charge in [0, 0.05) is 32.4 Å². The summed E-state index contributed by atoms with van der Waals surface area (Å²) in [5.41, 5.74) is 5.77. The molecule has 31 heavy (non-hydrogen) atoms. The molecule has 6 nitrogen and oxygen atoms in total. The predicted molar refractivity (Wildman–Crippen MR) is 125 cm³/mol. The van der Waals surface area contributed by atoms with Crippen LogP contribution in [0, 0.1) is 18.3 Å². The van der Waals surface area contributed by atoms with Crippen LogP contribution in [0.5, 0.6) is 0 Å². The molecule has 0 radical (unpaired) electrons. The van der Waals surface area contributed by atoms with Gasteiger partial charge in [-0.15, -0.1) is 0 Å². The number of para-hydroxylation sites is 2. The Kier molecular flexibility index (Phi) is 4.95. The molecule has 0 N–H and O–H groups in total. The number of pyridine rings is 2. The summed E-state index contributed by atoms with van der Waals surface area (Å²) in [5.74, 6) is 2.17. The minimum atomic E-state index is 0.699. The number of piperazine rings is 1. The molecule has 3 aromatic heterocycles. The van der Waals surface area contributed by atoms with E-state index in [4.69, 9.17) is 4.98 Å². The molecule has 0 saturated carbocycles. The van der Waals surface area contributed by atoms with Crippen molar-refractivity contribution in [2.75, 3.05) is 36.0 Å². The minimum Gasteiger partial charge on any atom is -0.354 e. The van der Waals surface area contributed by atoms with Gasteiger partial charge in [0.15, 0.2) is 5.65 Å². The number of hydrogen-bond donors (Lipinski definition) is 0. The van der Waals surface area contributed by atoms with Gasteiger partial charge in [-0.2, -0.15) is 5.26 Å². The molecular formula is C25H26N6. The van der Waals surface area contributed by atoms with Gasteiger partial charge in [-0.1, -0.05) is 25.5 Å². The van der Waals surface area contributed by atoms with Crippen molar-refractivity contribution in [3.63, 3.8) is 0 Å². The summed E-state index contributed by atoms with van der Waals surface area (Å²) in [6.07, 6.45) is 3.76. The number of nitrogens with zero attached hydrogens (tertiary/aromatic N) is 6. The maximum absolute atomic E-state index is 9.92. The first kappa shape index (κ1) is 19.4. The van der Waals surface area contributed by atoms with E-state index in [1.54, 1.807) is 0 Å². The van der Waals surface area contributed by atoms with Gasteiger partial charge >= 0.3 is 0 Å². The number of aryl methyl sites for hydroxylation is 2. The zero-order chi connectivity index (χ0) is 21.4. The normalized spacial score (nSPS) is 14.4. The summed E-state index contributed by atoms with van der Waals surface area (Å²) < 4.78 is 2.17. The predicted octanol–water partition coefficient (Wildman–Crippen LogP) is 4.34. The fraction of sp³-hybridized carbons (Fsp3) is 0.320. The van der Waals surface area contributed by atoms with E-state index in [2.05, 4.69) is 57.3 Å². The van der Waals surface area contributed by atoms with E-state index < -0.39 is 0 Å². The highest BCUT2D eigenvalue weighted by Crippen LogP contribution is 2.30. The molecule has 0 unspecified atom stereocenters. The fourth-order valence-electron chi connectivity index (χ4n) is 4.54. The molecule has 1 aliphatic rings. The second-order valence-electron chi connectivity index (χ2n) is 8.19. The Morgan fingerprint density at radius 3 is 2.55 bits per heavy atom. The lowest BCUT2D eigenvalue weighted by Gasteiger charge is -2.37. The topological polar surface area (TPSA) is 60.5 Å². The minimum absolute atomic E-state index is 0.699. The Balaban J connectivity index is 1.57. The number of anilines is 2. The fourth-order valence-corrected chi connectivity index (χ4v) is 4.54. The van der Waals surface area contributed by atoms with Crippen LogP contribution >= 0.6 is 0 Å². The van der Waals surface area contributed by atoms with Crippen LogP contribution in [0.15, 0.2) is 48.7 Å². The number of imidazole rings is 1. The maximum atomic E-state index is 9.92. The number of hydrogen-bond acceptors (Lipinski definition) is 5. The van der Waals surface area contributed by atoms with Gasteiger partial charge in [-0.3, -0.25) is 4.40 Å². The van der Waals surface area contributed by atoms with Crippen LogP contribution in [-0.2, 0) is 6.42 Å². The zero-order valence-electron chi connectivity index (χ0n) is 18.0. The Labute approximate surface area is 182 Å². The van der Waals surface area contributed by atoms with Gasteiger partial charge in [0.05, 0.1) is 16.6 Å². The Morgan fingerprint density at radius 1 is 1.03 bits per heavy atom. The quantitative estimate of drug-likeness (QED) is 0.501. The van der Waals surface area contributed by atoms with E-state index in [-0.39, 0.29) is 0 Å². The van der Waals surface area contributed by atoms with E-state index in [9.17, 15) is 5.26 Å². The maximum Gasteiger partial charge on any atom is 0.157 e. The SMILES string of the molecule is CCCc1cc(N2CCN(c3cc(C)ccn3)CC2)n2c(nc3ccccc32)c1C#N. The van der Waals surface area contributed by atoms with Crippen molar-refractivity contribution in [2.45, 2.75) is 26.7 Å². The second-order valence-corrected chi connectivity index (χ2v) is 8.19. The van der Waals surface area contributed by atoms with Crippen molar-refractivity contribution < 1.29 is 0 Å². The summed E-state index contributed by atoms with van der Waals surface area (Å²) in [6, 6.07) is 17.0. The molecule has 1 fully saturated rings. The summed E-state index contributed by atoms with van der Waals surface area (Å²) in [6.45, 7) is 7.87. The first-order chi connectivity index (χ1) is 15.2. The molecule has 4 aromatic rings. The summed E-state index contributed by atoms with van der Waals surface area (Å²) in [4.78, 5) is 14.2. The van der Waals surface area contributed by atoms with Crippen LogP contribution in [-0.4, -0.2) is 40.5 Å². The molecule has 1 aromatic carbocycles. The van der Waals surface area contributed by atoms with E-state index >= 15 is 0 Å². The molecule has 0 spiro atoms. The smallest absolute Gasteiger partial charge is 0.157 e. The monoisotopic (exact) mass is 410 g/mol. The average molecular weight is 411 g/mol. The van der Waals surface area contributed by atoms with E-state index in [0.717, 1.165) is 72.9 Å². The van der Waals surface area contributed by atoms with Crippen molar-refractivity contribution in [3.8, 4) is 6.07 Å². The lowest BCUT2D eigenvalue weighted by Crippen LogP contribution is -2.47. The van der Waals surface area contributed by atoms with Crippen LogP contribution in [0.2, 0.25) is 0 Å². The van der Waals surface area contributed by atoms with Crippen molar-refractivity contribution in [2.24, 2.45) is 0 Å². The molecule has 0 bridgehead atoms. The third-order valence-electron chi connectivity index (χ3n) is 6.10. The molecule has 6 heteroatoms. The van der Waals surface area contributed by atoms with Crippen LogP contribution in [0.25, 0.3) is 16.7 Å². The molecule has 0 amide bonds. The van der Waals surface area contributed by atoms with Crippen molar-refractivity contribution in [1.29, 1.82) is 5.26 Å². The van der Waals surface area contributed by atoms with Gasteiger partial charge in [0.1, 0.15) is 17.7 Å². The zero-order valence-corrected chi connectivity index (χ0v) is 18.0. The third-order valence-corrected chi connectivity index (χ3v) is 6.10. The summed E-state index contributed by atoms with van der Waals surface area (Å²) in [7, 11) is 0. The van der Waals surface area contributed by atoms with E-state index in [1.807, 2.05) is 30.5 Å². The van der Waals surface area contributed by atoms with Crippen molar-refractivity contribution >= 4 is 28.3 Å². The highest BCUT2D eigenvalue weighted by molar-refractivity contribution is 5.85. The van der Waals surface area contributed by atoms with Crippen LogP contribution in [0.3, 0.4) is 0 Å². The second kappa shape index (κ2) is 7.92. The Morgan fingerprint density at radius 2 is 1.81 bits per heavy atom. The van der Waals surface area contributed by atoms with Gasteiger partial charge in [-0.25, -0.2) is 9.97 Å². The molecule has 0 atom stereocenters. The van der Waals surface area contributed by atoms with Gasteiger partial charge in [0.2, 0.25) is 0 Å². The molecule has 4 heterocycles. The molecule has 1 aliphatic heterocycles. The molecule has 5 rings (SSSR count). The summed E-state index contributed by atoms with van der Waals surface area (Å²) >= 11 is 0. The van der Waals surface area contributed by atoms with Crippen molar-refractivity contribution in [1.82, 2.24) is 14.4 Å². The van der Waals surface area contributed by atoms with Gasteiger partial charge in [-0.05, 0) is 54.8 Å². The van der Waals surface area contributed by atoms with Gasteiger partial charge < -0.3 is 9.80 Å². The first-order valence-electron chi connectivity index (χ1n) is 11.0. The third kappa shape index (κ3) is 3.36. The number of fused-ring (bicyclic) bond motifs is 3. The number of aromatic nitrogens is 3.